The van der Waals surface area contributed by atoms with Gasteiger partial charge in [-0.25, -0.2) is 4.79 Å². The van der Waals surface area contributed by atoms with Gasteiger partial charge in [-0.1, -0.05) is 59.8 Å². The van der Waals surface area contributed by atoms with E-state index >= 15 is 0 Å². The van der Waals surface area contributed by atoms with Gasteiger partial charge in [0.2, 0.25) is 23.6 Å². The van der Waals surface area contributed by atoms with Crippen LogP contribution in [-0.4, -0.2) is 65.4 Å². The van der Waals surface area contributed by atoms with Crippen LogP contribution < -0.4 is 31.9 Å². The van der Waals surface area contributed by atoms with Gasteiger partial charge in [-0.2, -0.15) is 0 Å². The number of rotatable bonds is 9. The van der Waals surface area contributed by atoms with Gasteiger partial charge in [0.05, 0.1) is 0 Å². The number of hydrogen-bond donors (Lipinski definition) is 6. The van der Waals surface area contributed by atoms with Gasteiger partial charge in [-0.05, 0) is 36.3 Å². The van der Waals surface area contributed by atoms with Gasteiger partial charge in [-0.15, -0.1) is 0 Å². The second-order valence-corrected chi connectivity index (χ2v) is 10.9. The Bertz CT molecular complexity index is 1120. The molecule has 1 aliphatic heterocycles. The molecule has 12 nitrogen and oxygen atoms in total. The van der Waals surface area contributed by atoms with E-state index in [2.05, 4.69) is 36.9 Å². The summed E-state index contributed by atoms with van der Waals surface area (Å²) in [5.74, 6) is -2.24. The fourth-order valence-corrected chi connectivity index (χ4v) is 3.95. The molecule has 224 valence electrons. The van der Waals surface area contributed by atoms with Crippen molar-refractivity contribution in [2.45, 2.75) is 72.1 Å². The molecule has 0 saturated carbocycles. The van der Waals surface area contributed by atoms with Gasteiger partial charge < -0.3 is 31.9 Å². The fourth-order valence-electron chi connectivity index (χ4n) is 3.95. The van der Waals surface area contributed by atoms with Crippen LogP contribution in [0.1, 0.15) is 48.0 Å². The first-order valence-corrected chi connectivity index (χ1v) is 13.9. The number of hydrogen-bond acceptors (Lipinski definition) is 6. The Hall–Kier alpha value is -4.22. The first kappa shape index (κ1) is 33.0. The summed E-state index contributed by atoms with van der Waals surface area (Å²) in [7, 11) is 0. The van der Waals surface area contributed by atoms with Crippen LogP contribution in [0.15, 0.2) is 48.8 Å². The maximum absolute atomic E-state index is 13.3. The summed E-state index contributed by atoms with van der Waals surface area (Å²) in [5, 5.41) is 16.4. The standard InChI is InChI=1S/C29H43N7O5/c1-17(2)21-10-11-23(37)31-14-8-7-9-22(26(38)33-21)34-28(40)25(19(5)6)36-29(41)35-24(18(3)4)27(39)32-20-12-15-30-16-13-20/h7,9-13,15-19,21-22,24-25H,8,14H2,1-6H3,(H,31,37)(H,33,38)(H,34,40)(H,30,32,39)(H2,35,36,41)/b9-7+,11-10+/t21-,22+,24+,25+/m1/s1. The third kappa shape index (κ3) is 11.1. The molecular weight excluding hydrogens is 526 g/mol. The lowest BCUT2D eigenvalue weighted by Gasteiger charge is -2.27. The van der Waals surface area contributed by atoms with Gasteiger partial charge in [0.1, 0.15) is 18.1 Å². The zero-order chi connectivity index (χ0) is 30.5. The molecule has 0 unspecified atom stereocenters. The lowest BCUT2D eigenvalue weighted by molar-refractivity contribution is -0.129. The minimum Gasteiger partial charge on any atom is -0.352 e. The second kappa shape index (κ2) is 16.1. The Morgan fingerprint density at radius 2 is 1.51 bits per heavy atom. The first-order valence-electron chi connectivity index (χ1n) is 13.9. The van der Waals surface area contributed by atoms with E-state index < -0.39 is 47.9 Å². The van der Waals surface area contributed by atoms with Crippen molar-refractivity contribution in [3.05, 3.63) is 48.8 Å². The van der Waals surface area contributed by atoms with Crippen molar-refractivity contribution in [1.82, 2.24) is 31.6 Å². The zero-order valence-corrected chi connectivity index (χ0v) is 24.6. The van der Waals surface area contributed by atoms with Crippen molar-refractivity contribution < 1.29 is 24.0 Å². The topological polar surface area (TPSA) is 170 Å². The molecule has 0 fully saturated rings. The SMILES string of the molecule is CC(C)[C@H](NC(=O)N[C@H](C(=O)N[C@H]1/C=C/CCNC(=O)/C=C/[C@H](C(C)C)NC1=O)C(C)C)C(=O)Nc1ccncc1. The van der Waals surface area contributed by atoms with Crippen LogP contribution in [0.2, 0.25) is 0 Å². The summed E-state index contributed by atoms with van der Waals surface area (Å²) in [5.41, 5.74) is 0.540. The molecule has 0 spiro atoms. The lowest BCUT2D eigenvalue weighted by Crippen LogP contribution is -2.59. The molecule has 6 amide bonds. The number of pyridine rings is 1. The molecule has 0 saturated heterocycles. The average Bonchev–Trinajstić information content (AvgIpc) is 2.90. The van der Waals surface area contributed by atoms with E-state index in [1.54, 1.807) is 70.4 Å². The molecular formula is C29H43N7O5. The van der Waals surface area contributed by atoms with E-state index in [9.17, 15) is 24.0 Å². The minimum atomic E-state index is -1.01. The van der Waals surface area contributed by atoms with Crippen molar-refractivity contribution in [1.29, 1.82) is 0 Å². The maximum Gasteiger partial charge on any atom is 0.316 e. The summed E-state index contributed by atoms with van der Waals surface area (Å²) < 4.78 is 0. The summed E-state index contributed by atoms with van der Waals surface area (Å²) in [6.45, 7) is 11.3. The minimum absolute atomic E-state index is 0.00953. The highest BCUT2D eigenvalue weighted by Gasteiger charge is 2.31. The highest BCUT2D eigenvalue weighted by molar-refractivity contribution is 5.98. The van der Waals surface area contributed by atoms with Crippen molar-refractivity contribution in [3.8, 4) is 0 Å². The third-order valence-electron chi connectivity index (χ3n) is 6.42. The van der Waals surface area contributed by atoms with Gasteiger partial charge in [0.25, 0.3) is 0 Å². The predicted molar refractivity (Wildman–Crippen MR) is 156 cm³/mol. The van der Waals surface area contributed by atoms with Crippen LogP contribution in [0.4, 0.5) is 10.5 Å². The monoisotopic (exact) mass is 569 g/mol. The van der Waals surface area contributed by atoms with Crippen LogP contribution in [0.25, 0.3) is 0 Å². The average molecular weight is 570 g/mol. The van der Waals surface area contributed by atoms with Crippen LogP contribution in [-0.2, 0) is 19.2 Å². The molecule has 6 N–H and O–H groups in total. The molecule has 1 aromatic rings. The number of carbonyl (C=O) groups is 5. The Morgan fingerprint density at radius 3 is 2.10 bits per heavy atom. The highest BCUT2D eigenvalue weighted by Crippen LogP contribution is 2.10. The van der Waals surface area contributed by atoms with Crippen LogP contribution >= 0.6 is 0 Å². The molecule has 0 bridgehead atoms. The molecule has 2 heterocycles. The summed E-state index contributed by atoms with van der Waals surface area (Å²) in [6.07, 6.45) is 9.84. The number of anilines is 1. The number of amides is 6. The molecule has 4 atom stereocenters. The molecule has 0 aliphatic carbocycles. The van der Waals surface area contributed by atoms with Crippen molar-refractivity contribution in [3.63, 3.8) is 0 Å². The van der Waals surface area contributed by atoms with Crippen LogP contribution in [0.5, 0.6) is 0 Å². The molecule has 0 radical (unpaired) electrons. The lowest BCUT2D eigenvalue weighted by atomic mass is 10.0. The number of aromatic nitrogens is 1. The van der Waals surface area contributed by atoms with E-state index in [0.29, 0.717) is 18.7 Å². The van der Waals surface area contributed by atoms with E-state index in [1.165, 1.54) is 6.08 Å². The second-order valence-electron chi connectivity index (χ2n) is 10.9. The maximum atomic E-state index is 13.3. The number of carbonyl (C=O) groups excluding carboxylic acids is 5. The van der Waals surface area contributed by atoms with Gasteiger partial charge in [0, 0.05) is 36.7 Å². The quantitative estimate of drug-likeness (QED) is 0.247. The Morgan fingerprint density at radius 1 is 0.902 bits per heavy atom. The van der Waals surface area contributed by atoms with Gasteiger partial charge in [-0.3, -0.25) is 24.2 Å². The van der Waals surface area contributed by atoms with Crippen LogP contribution in [0.3, 0.4) is 0 Å². The van der Waals surface area contributed by atoms with Gasteiger partial charge in [0.15, 0.2) is 0 Å². The smallest absolute Gasteiger partial charge is 0.316 e. The molecule has 1 aromatic heterocycles. The largest absolute Gasteiger partial charge is 0.352 e. The summed E-state index contributed by atoms with van der Waals surface area (Å²) in [6, 6.07) is -0.727. The van der Waals surface area contributed by atoms with E-state index in [0.717, 1.165) is 0 Å². The van der Waals surface area contributed by atoms with Gasteiger partial charge >= 0.3 is 6.03 Å². The number of nitrogens with one attached hydrogen (secondary N) is 6. The fraction of sp³-hybridized carbons (Fsp3) is 0.517. The Labute approximate surface area is 241 Å². The number of urea groups is 1. The zero-order valence-electron chi connectivity index (χ0n) is 24.6. The van der Waals surface area contributed by atoms with Crippen molar-refractivity contribution in [2.24, 2.45) is 17.8 Å². The molecule has 0 aromatic carbocycles. The predicted octanol–water partition coefficient (Wildman–Crippen LogP) is 1.63. The van der Waals surface area contributed by atoms with E-state index in [4.69, 9.17) is 0 Å². The number of nitrogens with zero attached hydrogens (tertiary/aromatic N) is 1. The Kier molecular flexibility index (Phi) is 13.0. The molecule has 12 heteroatoms. The molecule has 2 rings (SSSR count). The summed E-state index contributed by atoms with van der Waals surface area (Å²) >= 11 is 0. The van der Waals surface area contributed by atoms with E-state index in [-0.39, 0.29) is 23.7 Å². The highest BCUT2D eigenvalue weighted by atomic mass is 16.2. The van der Waals surface area contributed by atoms with Crippen LogP contribution in [0, 0.1) is 17.8 Å². The third-order valence-corrected chi connectivity index (χ3v) is 6.42. The van der Waals surface area contributed by atoms with Crippen molar-refractivity contribution >= 4 is 35.3 Å². The van der Waals surface area contributed by atoms with Crippen molar-refractivity contribution in [2.75, 3.05) is 11.9 Å². The molecule has 41 heavy (non-hydrogen) atoms. The summed E-state index contributed by atoms with van der Waals surface area (Å²) in [4.78, 5) is 68.2. The van der Waals surface area contributed by atoms with E-state index in [1.807, 2.05) is 13.8 Å². The Balaban J connectivity index is 2.12. The normalized spacial score (nSPS) is 20.9. The molecule has 1 aliphatic rings. The first-order chi connectivity index (χ1) is 19.4.